The number of unbranched alkanes of at least 4 members (excludes halogenated alkanes) is 1. The molecule has 1 saturated carbocycles. The van der Waals surface area contributed by atoms with Crippen LogP contribution in [-0.2, 0) is 13.0 Å². The minimum atomic E-state index is 0.0641. The summed E-state index contributed by atoms with van der Waals surface area (Å²) >= 11 is 0. The van der Waals surface area contributed by atoms with Crippen LogP contribution in [0.5, 0.6) is 0 Å². The Morgan fingerprint density at radius 3 is 3.00 bits per heavy atom. The van der Waals surface area contributed by atoms with Crippen LogP contribution in [0.3, 0.4) is 0 Å². The van der Waals surface area contributed by atoms with Crippen molar-refractivity contribution < 1.29 is 0 Å². The normalized spacial score (nSPS) is 15.8. The van der Waals surface area contributed by atoms with Crippen LogP contribution in [0.15, 0.2) is 11.0 Å². The minimum Gasteiger partial charge on any atom is -0.310 e. The van der Waals surface area contributed by atoms with E-state index in [1.54, 1.807) is 0 Å². The second-order valence-corrected chi connectivity index (χ2v) is 4.61. The van der Waals surface area contributed by atoms with Crippen LogP contribution < -0.4 is 5.69 Å². The fourth-order valence-electron chi connectivity index (χ4n) is 1.88. The third kappa shape index (κ3) is 2.98. The van der Waals surface area contributed by atoms with Crippen molar-refractivity contribution in [2.45, 2.75) is 52.0 Å². The van der Waals surface area contributed by atoms with Crippen molar-refractivity contribution in [3.63, 3.8) is 0 Å². The average molecular weight is 208 g/mol. The van der Waals surface area contributed by atoms with Gasteiger partial charge in [0, 0.05) is 18.4 Å². The highest BCUT2D eigenvalue weighted by Crippen LogP contribution is 2.33. The van der Waals surface area contributed by atoms with E-state index >= 15 is 0 Å². The Morgan fingerprint density at radius 2 is 2.33 bits per heavy atom. The van der Waals surface area contributed by atoms with Gasteiger partial charge in [-0.25, -0.2) is 4.79 Å². The Kier molecular flexibility index (Phi) is 3.29. The van der Waals surface area contributed by atoms with Gasteiger partial charge in [0.15, 0.2) is 0 Å². The molecule has 1 aliphatic carbocycles. The standard InChI is InChI=1S/C12H20N2O/c1-2-3-8-14-9-11(13-12(14)15)7-6-10-4-5-10/h9-10H,2-8H2,1H3,(H,13,15). The van der Waals surface area contributed by atoms with Gasteiger partial charge >= 0.3 is 5.69 Å². The van der Waals surface area contributed by atoms with Crippen molar-refractivity contribution in [2.75, 3.05) is 0 Å². The molecule has 1 aromatic heterocycles. The molecule has 1 aliphatic rings. The number of H-pyrrole nitrogens is 1. The number of aryl methyl sites for hydroxylation is 2. The fourth-order valence-corrected chi connectivity index (χ4v) is 1.88. The molecule has 0 aliphatic heterocycles. The summed E-state index contributed by atoms with van der Waals surface area (Å²) in [6, 6.07) is 0. The van der Waals surface area contributed by atoms with Gasteiger partial charge in [0.1, 0.15) is 0 Å². The monoisotopic (exact) mass is 208 g/mol. The molecular weight excluding hydrogens is 188 g/mol. The lowest BCUT2D eigenvalue weighted by Gasteiger charge is -1.97. The predicted octanol–water partition coefficient (Wildman–Crippen LogP) is 2.32. The molecule has 0 radical (unpaired) electrons. The lowest BCUT2D eigenvalue weighted by atomic mass is 10.2. The van der Waals surface area contributed by atoms with Crippen molar-refractivity contribution in [2.24, 2.45) is 5.92 Å². The molecule has 1 fully saturated rings. The number of hydrogen-bond acceptors (Lipinski definition) is 1. The van der Waals surface area contributed by atoms with E-state index < -0.39 is 0 Å². The van der Waals surface area contributed by atoms with Crippen molar-refractivity contribution in [1.82, 2.24) is 9.55 Å². The van der Waals surface area contributed by atoms with Gasteiger partial charge in [0.05, 0.1) is 0 Å². The van der Waals surface area contributed by atoms with E-state index in [4.69, 9.17) is 0 Å². The summed E-state index contributed by atoms with van der Waals surface area (Å²) in [6.07, 6.45) is 9.28. The maximum atomic E-state index is 11.5. The summed E-state index contributed by atoms with van der Waals surface area (Å²) in [5.41, 5.74) is 1.18. The molecule has 0 bridgehead atoms. The molecule has 2 rings (SSSR count). The number of aromatic amines is 1. The first kappa shape index (κ1) is 10.5. The Balaban J connectivity index is 1.90. The maximum Gasteiger partial charge on any atom is 0.325 e. The fraction of sp³-hybridized carbons (Fsp3) is 0.750. The van der Waals surface area contributed by atoms with Crippen LogP contribution in [0.1, 0.15) is 44.7 Å². The molecule has 0 amide bonds. The Hall–Kier alpha value is -0.990. The largest absolute Gasteiger partial charge is 0.325 e. The molecule has 0 saturated heterocycles. The van der Waals surface area contributed by atoms with E-state index in [0.29, 0.717) is 0 Å². The van der Waals surface area contributed by atoms with Gasteiger partial charge in [-0.2, -0.15) is 0 Å². The number of nitrogens with one attached hydrogen (secondary N) is 1. The van der Waals surface area contributed by atoms with Crippen LogP contribution in [0.25, 0.3) is 0 Å². The topological polar surface area (TPSA) is 37.8 Å². The van der Waals surface area contributed by atoms with E-state index in [0.717, 1.165) is 37.4 Å². The molecule has 0 aromatic carbocycles. The van der Waals surface area contributed by atoms with E-state index in [1.165, 1.54) is 19.3 Å². The van der Waals surface area contributed by atoms with Crippen molar-refractivity contribution >= 4 is 0 Å². The van der Waals surface area contributed by atoms with Crippen molar-refractivity contribution in [1.29, 1.82) is 0 Å². The van der Waals surface area contributed by atoms with Crippen LogP contribution in [-0.4, -0.2) is 9.55 Å². The molecule has 0 unspecified atom stereocenters. The third-order valence-electron chi connectivity index (χ3n) is 3.11. The van der Waals surface area contributed by atoms with Crippen LogP contribution in [0.2, 0.25) is 0 Å². The first-order valence-electron chi connectivity index (χ1n) is 6.08. The summed E-state index contributed by atoms with van der Waals surface area (Å²) in [5.74, 6) is 0.937. The first-order valence-corrected chi connectivity index (χ1v) is 6.08. The number of rotatable bonds is 6. The van der Waals surface area contributed by atoms with Gasteiger partial charge < -0.3 is 4.98 Å². The molecule has 0 spiro atoms. The summed E-state index contributed by atoms with van der Waals surface area (Å²) in [6.45, 7) is 3.00. The van der Waals surface area contributed by atoms with E-state index in [-0.39, 0.29) is 5.69 Å². The molecule has 84 valence electrons. The molecule has 1 N–H and O–H groups in total. The molecule has 15 heavy (non-hydrogen) atoms. The Labute approximate surface area is 90.5 Å². The smallest absolute Gasteiger partial charge is 0.310 e. The van der Waals surface area contributed by atoms with E-state index in [2.05, 4.69) is 11.9 Å². The summed E-state index contributed by atoms with van der Waals surface area (Å²) in [4.78, 5) is 14.5. The van der Waals surface area contributed by atoms with Crippen molar-refractivity contribution in [3.05, 3.63) is 22.4 Å². The van der Waals surface area contributed by atoms with Gasteiger partial charge in [-0.15, -0.1) is 0 Å². The van der Waals surface area contributed by atoms with E-state index in [9.17, 15) is 4.79 Å². The number of hydrogen-bond donors (Lipinski definition) is 1. The van der Waals surface area contributed by atoms with Crippen LogP contribution >= 0.6 is 0 Å². The number of nitrogens with zero attached hydrogens (tertiary/aromatic N) is 1. The van der Waals surface area contributed by atoms with Gasteiger partial charge in [-0.1, -0.05) is 26.2 Å². The summed E-state index contributed by atoms with van der Waals surface area (Å²) < 4.78 is 1.81. The quantitative estimate of drug-likeness (QED) is 0.765. The molecule has 3 heteroatoms. The highest BCUT2D eigenvalue weighted by atomic mass is 16.1. The van der Waals surface area contributed by atoms with Crippen LogP contribution in [0.4, 0.5) is 0 Å². The zero-order chi connectivity index (χ0) is 10.7. The van der Waals surface area contributed by atoms with Gasteiger partial charge in [-0.3, -0.25) is 4.57 Å². The minimum absolute atomic E-state index is 0.0641. The lowest BCUT2D eigenvalue weighted by Crippen LogP contribution is -2.15. The van der Waals surface area contributed by atoms with Gasteiger partial charge in [0.2, 0.25) is 0 Å². The summed E-state index contributed by atoms with van der Waals surface area (Å²) in [7, 11) is 0. The second-order valence-electron chi connectivity index (χ2n) is 4.61. The highest BCUT2D eigenvalue weighted by Gasteiger charge is 2.20. The van der Waals surface area contributed by atoms with Gasteiger partial charge in [0.25, 0.3) is 0 Å². The molecular formula is C12H20N2O. The lowest BCUT2D eigenvalue weighted by molar-refractivity contribution is 0.614. The zero-order valence-electron chi connectivity index (χ0n) is 9.46. The molecule has 1 heterocycles. The Morgan fingerprint density at radius 1 is 1.53 bits per heavy atom. The molecule has 0 atom stereocenters. The maximum absolute atomic E-state index is 11.5. The predicted molar refractivity (Wildman–Crippen MR) is 61.0 cm³/mol. The molecule has 3 nitrogen and oxygen atoms in total. The summed E-state index contributed by atoms with van der Waals surface area (Å²) in [5, 5.41) is 0. The molecule has 1 aromatic rings. The first-order chi connectivity index (χ1) is 7.29. The van der Waals surface area contributed by atoms with Gasteiger partial charge in [-0.05, 0) is 25.2 Å². The number of imidazole rings is 1. The second kappa shape index (κ2) is 4.69. The Bertz CT molecular complexity index is 360. The average Bonchev–Trinajstić information content (AvgIpc) is 2.98. The van der Waals surface area contributed by atoms with Crippen LogP contribution in [0, 0.1) is 5.92 Å². The van der Waals surface area contributed by atoms with E-state index in [1.807, 2.05) is 10.8 Å². The zero-order valence-corrected chi connectivity index (χ0v) is 9.46. The SMILES string of the molecule is CCCCn1cc(CCC2CC2)[nH]c1=O. The highest BCUT2D eigenvalue weighted by molar-refractivity contribution is 4.98. The number of aromatic nitrogens is 2. The van der Waals surface area contributed by atoms with Crippen molar-refractivity contribution in [3.8, 4) is 0 Å². The third-order valence-corrected chi connectivity index (χ3v) is 3.11.